The fraction of sp³-hybridized carbons (Fsp3) is 0.471. The van der Waals surface area contributed by atoms with E-state index in [1.165, 1.54) is 23.1 Å². The molecule has 21 heavy (non-hydrogen) atoms. The maximum Gasteiger partial charge on any atom is 0.145 e. The van der Waals surface area contributed by atoms with Crippen molar-refractivity contribution < 1.29 is 4.74 Å². The predicted octanol–water partition coefficient (Wildman–Crippen LogP) is 2.69. The molecule has 2 aromatic rings. The highest BCUT2D eigenvalue weighted by molar-refractivity contribution is 5.96. The van der Waals surface area contributed by atoms with Crippen molar-refractivity contribution in [3.63, 3.8) is 0 Å². The molecule has 1 atom stereocenters. The van der Waals surface area contributed by atoms with Crippen LogP contribution >= 0.6 is 0 Å². The molecule has 0 amide bonds. The summed E-state index contributed by atoms with van der Waals surface area (Å²) in [5.74, 6) is 0.845. The van der Waals surface area contributed by atoms with Crippen molar-refractivity contribution in [3.8, 4) is 5.75 Å². The van der Waals surface area contributed by atoms with E-state index in [0.29, 0.717) is 6.04 Å². The van der Waals surface area contributed by atoms with Gasteiger partial charge in [0.1, 0.15) is 11.3 Å². The summed E-state index contributed by atoms with van der Waals surface area (Å²) < 4.78 is 5.46. The van der Waals surface area contributed by atoms with E-state index in [1.807, 2.05) is 18.3 Å². The Balaban J connectivity index is 2.08. The fourth-order valence-corrected chi connectivity index (χ4v) is 3.23. The number of benzene rings is 1. The van der Waals surface area contributed by atoms with Crippen LogP contribution in [0.2, 0.25) is 0 Å². The minimum absolute atomic E-state index is 0.623. The van der Waals surface area contributed by atoms with Gasteiger partial charge in [0.15, 0.2) is 0 Å². The lowest BCUT2D eigenvalue weighted by Crippen LogP contribution is -2.31. The second kappa shape index (κ2) is 5.53. The summed E-state index contributed by atoms with van der Waals surface area (Å²) >= 11 is 0. The molecule has 4 nitrogen and oxygen atoms in total. The topological polar surface area (TPSA) is 28.6 Å². The molecular formula is C17H23N3O. The zero-order chi connectivity index (χ0) is 15.0. The molecule has 0 radical (unpaired) electrons. The van der Waals surface area contributed by atoms with E-state index in [0.717, 1.165) is 24.4 Å². The van der Waals surface area contributed by atoms with E-state index in [1.54, 1.807) is 7.11 Å². The Bertz CT molecular complexity index is 654. The van der Waals surface area contributed by atoms with Crippen molar-refractivity contribution in [3.05, 3.63) is 30.0 Å². The first-order valence-corrected chi connectivity index (χ1v) is 7.45. The number of rotatable bonds is 3. The van der Waals surface area contributed by atoms with Gasteiger partial charge < -0.3 is 14.5 Å². The molecule has 112 valence electrons. The average Bonchev–Trinajstić information content (AvgIpc) is 2.96. The summed E-state index contributed by atoms with van der Waals surface area (Å²) in [5, 5.41) is 1.19. The lowest BCUT2D eigenvalue weighted by Gasteiger charge is -2.24. The van der Waals surface area contributed by atoms with Crippen molar-refractivity contribution in [1.29, 1.82) is 0 Å². The summed E-state index contributed by atoms with van der Waals surface area (Å²) in [4.78, 5) is 9.38. The van der Waals surface area contributed by atoms with Gasteiger partial charge in [-0.15, -0.1) is 0 Å². The van der Waals surface area contributed by atoms with Crippen LogP contribution in [0.5, 0.6) is 5.75 Å². The molecule has 0 N–H and O–H groups in total. The Morgan fingerprint density at radius 1 is 1.33 bits per heavy atom. The number of aromatic nitrogens is 1. The zero-order valence-corrected chi connectivity index (χ0v) is 13.3. The second-order valence-electron chi connectivity index (χ2n) is 6.00. The molecule has 1 aliphatic rings. The number of pyridine rings is 1. The van der Waals surface area contributed by atoms with Gasteiger partial charge in [-0.3, -0.25) is 4.98 Å². The van der Waals surface area contributed by atoms with Gasteiger partial charge in [-0.05, 0) is 39.1 Å². The molecule has 1 aromatic carbocycles. The maximum atomic E-state index is 5.46. The van der Waals surface area contributed by atoms with Crippen LogP contribution in [0.25, 0.3) is 10.9 Å². The van der Waals surface area contributed by atoms with Gasteiger partial charge in [0.25, 0.3) is 0 Å². The van der Waals surface area contributed by atoms with Gasteiger partial charge in [-0.1, -0.05) is 12.1 Å². The molecule has 0 aliphatic carbocycles. The SMILES string of the molecule is COc1cccc2c(N3CCC(N(C)C)C3)c(C)cnc12. The number of para-hydroxylation sites is 1. The Labute approximate surface area is 126 Å². The molecule has 0 saturated carbocycles. The molecule has 2 heterocycles. The predicted molar refractivity (Wildman–Crippen MR) is 87.3 cm³/mol. The van der Waals surface area contributed by atoms with E-state index in [9.17, 15) is 0 Å². The van der Waals surface area contributed by atoms with E-state index >= 15 is 0 Å². The number of nitrogens with zero attached hydrogens (tertiary/aromatic N) is 3. The summed E-state index contributed by atoms with van der Waals surface area (Å²) in [5.41, 5.74) is 3.49. The fourth-order valence-electron chi connectivity index (χ4n) is 3.23. The van der Waals surface area contributed by atoms with Crippen LogP contribution < -0.4 is 9.64 Å². The molecular weight excluding hydrogens is 262 g/mol. The van der Waals surface area contributed by atoms with E-state index < -0.39 is 0 Å². The van der Waals surface area contributed by atoms with Gasteiger partial charge in [-0.25, -0.2) is 0 Å². The van der Waals surface area contributed by atoms with Crippen LogP contribution in [-0.2, 0) is 0 Å². The van der Waals surface area contributed by atoms with Gasteiger partial charge in [0.2, 0.25) is 0 Å². The highest BCUT2D eigenvalue weighted by atomic mass is 16.5. The summed E-state index contributed by atoms with van der Waals surface area (Å²) in [6.07, 6.45) is 3.17. The molecule has 1 fully saturated rings. The van der Waals surface area contributed by atoms with Crippen molar-refractivity contribution in [2.45, 2.75) is 19.4 Å². The summed E-state index contributed by atoms with van der Waals surface area (Å²) in [7, 11) is 6.03. The van der Waals surface area contributed by atoms with Crippen LogP contribution in [0.4, 0.5) is 5.69 Å². The number of hydrogen-bond acceptors (Lipinski definition) is 4. The highest BCUT2D eigenvalue weighted by Gasteiger charge is 2.26. The van der Waals surface area contributed by atoms with Crippen molar-refractivity contribution >= 4 is 16.6 Å². The first-order valence-electron chi connectivity index (χ1n) is 7.45. The second-order valence-corrected chi connectivity index (χ2v) is 6.00. The molecule has 1 aliphatic heterocycles. The lowest BCUT2D eigenvalue weighted by atomic mass is 10.1. The Hall–Kier alpha value is -1.81. The quantitative estimate of drug-likeness (QED) is 0.867. The van der Waals surface area contributed by atoms with Crippen LogP contribution in [-0.4, -0.2) is 50.2 Å². The summed E-state index contributed by atoms with van der Waals surface area (Å²) in [6, 6.07) is 6.79. The Morgan fingerprint density at radius 3 is 2.81 bits per heavy atom. The molecule has 0 spiro atoms. The number of fused-ring (bicyclic) bond motifs is 1. The van der Waals surface area contributed by atoms with Gasteiger partial charge in [0.05, 0.1) is 12.8 Å². The van der Waals surface area contributed by atoms with Gasteiger partial charge in [0, 0.05) is 30.7 Å². The Morgan fingerprint density at radius 2 is 2.14 bits per heavy atom. The number of likely N-dealkylation sites (N-methyl/N-ethyl adjacent to an activating group) is 1. The first-order chi connectivity index (χ1) is 10.1. The largest absolute Gasteiger partial charge is 0.494 e. The number of anilines is 1. The number of aryl methyl sites for hydroxylation is 1. The number of methoxy groups -OCH3 is 1. The third-order valence-electron chi connectivity index (χ3n) is 4.44. The van der Waals surface area contributed by atoms with E-state index in [-0.39, 0.29) is 0 Å². The van der Waals surface area contributed by atoms with Crippen molar-refractivity contribution in [2.75, 3.05) is 39.2 Å². The third kappa shape index (κ3) is 2.44. The Kier molecular flexibility index (Phi) is 3.72. The van der Waals surface area contributed by atoms with Crippen LogP contribution in [0, 0.1) is 6.92 Å². The molecule has 0 bridgehead atoms. The average molecular weight is 285 g/mol. The minimum Gasteiger partial charge on any atom is -0.494 e. The van der Waals surface area contributed by atoms with Crippen molar-refractivity contribution in [2.24, 2.45) is 0 Å². The van der Waals surface area contributed by atoms with Crippen LogP contribution in [0.1, 0.15) is 12.0 Å². The maximum absolute atomic E-state index is 5.46. The number of ether oxygens (including phenoxy) is 1. The standard InChI is InChI=1S/C17H23N3O/c1-12-10-18-16-14(6-5-7-15(16)21-4)17(12)20-9-8-13(11-20)19(2)3/h5-7,10,13H,8-9,11H2,1-4H3. The van der Waals surface area contributed by atoms with Crippen molar-refractivity contribution in [1.82, 2.24) is 9.88 Å². The van der Waals surface area contributed by atoms with E-state index in [4.69, 9.17) is 4.74 Å². The number of hydrogen-bond donors (Lipinski definition) is 0. The first kappa shape index (κ1) is 14.1. The molecule has 1 aromatic heterocycles. The van der Waals surface area contributed by atoms with Crippen LogP contribution in [0.15, 0.2) is 24.4 Å². The van der Waals surface area contributed by atoms with E-state index in [2.05, 4.69) is 41.9 Å². The third-order valence-corrected chi connectivity index (χ3v) is 4.44. The molecule has 3 rings (SSSR count). The van der Waals surface area contributed by atoms with Crippen LogP contribution in [0.3, 0.4) is 0 Å². The smallest absolute Gasteiger partial charge is 0.145 e. The lowest BCUT2D eigenvalue weighted by molar-refractivity contribution is 0.315. The molecule has 1 unspecified atom stereocenters. The molecule has 1 saturated heterocycles. The van der Waals surface area contributed by atoms with Gasteiger partial charge >= 0.3 is 0 Å². The zero-order valence-electron chi connectivity index (χ0n) is 13.3. The highest BCUT2D eigenvalue weighted by Crippen LogP contribution is 2.35. The normalized spacial score (nSPS) is 18.7. The molecule has 4 heteroatoms. The van der Waals surface area contributed by atoms with Gasteiger partial charge in [-0.2, -0.15) is 0 Å². The summed E-state index contributed by atoms with van der Waals surface area (Å²) in [6.45, 7) is 4.31. The minimum atomic E-state index is 0.623. The monoisotopic (exact) mass is 285 g/mol.